The van der Waals surface area contributed by atoms with Gasteiger partial charge in [0.2, 0.25) is 5.91 Å². The summed E-state index contributed by atoms with van der Waals surface area (Å²) in [7, 11) is 0. The Morgan fingerprint density at radius 3 is 2.45 bits per heavy atom. The fourth-order valence-corrected chi connectivity index (χ4v) is 3.25. The van der Waals surface area contributed by atoms with Crippen LogP contribution in [-0.4, -0.2) is 36.8 Å². The predicted molar refractivity (Wildman–Crippen MR) is 104 cm³/mol. The van der Waals surface area contributed by atoms with E-state index >= 15 is 0 Å². The van der Waals surface area contributed by atoms with E-state index in [1.165, 1.54) is 30.8 Å². The predicted octanol–water partition coefficient (Wildman–Crippen LogP) is 4.04. The highest BCUT2D eigenvalue weighted by Gasteiger charge is 2.28. The van der Waals surface area contributed by atoms with E-state index in [1.807, 2.05) is 24.3 Å². The molecule has 1 N–H and O–H groups in total. The molecule has 1 atom stereocenters. The number of aromatic nitrogens is 1. The Morgan fingerprint density at radius 1 is 1.17 bits per heavy atom. The van der Waals surface area contributed by atoms with E-state index in [-0.39, 0.29) is 24.1 Å². The van der Waals surface area contributed by atoms with Crippen molar-refractivity contribution in [3.05, 3.63) is 53.9 Å². The number of anilines is 1. The van der Waals surface area contributed by atoms with Crippen LogP contribution in [0.1, 0.15) is 37.1 Å². The molecule has 1 fully saturated rings. The van der Waals surface area contributed by atoms with Crippen molar-refractivity contribution in [2.24, 2.45) is 0 Å². The van der Waals surface area contributed by atoms with E-state index in [1.54, 1.807) is 13.0 Å². The summed E-state index contributed by atoms with van der Waals surface area (Å²) in [5.74, 6) is -0.117. The van der Waals surface area contributed by atoms with E-state index < -0.39 is 12.8 Å². The minimum absolute atomic E-state index is 0.0303. The third-order valence-corrected chi connectivity index (χ3v) is 4.76. The number of rotatable bonds is 7. The van der Waals surface area contributed by atoms with Crippen molar-refractivity contribution in [1.82, 2.24) is 10.3 Å². The fourth-order valence-electron chi connectivity index (χ4n) is 3.25. The summed E-state index contributed by atoms with van der Waals surface area (Å²) in [5.41, 5.74) is 2.64. The van der Waals surface area contributed by atoms with Gasteiger partial charge >= 0.3 is 6.18 Å². The van der Waals surface area contributed by atoms with Gasteiger partial charge in [0.15, 0.2) is 6.61 Å². The Kier molecular flexibility index (Phi) is 6.61. The quantitative estimate of drug-likeness (QED) is 0.753. The zero-order chi connectivity index (χ0) is 20.9. The molecule has 1 aliphatic rings. The van der Waals surface area contributed by atoms with Crippen LogP contribution in [0.2, 0.25) is 0 Å². The van der Waals surface area contributed by atoms with Crippen LogP contribution in [0.15, 0.2) is 42.6 Å². The van der Waals surface area contributed by atoms with Crippen molar-refractivity contribution in [2.45, 2.75) is 38.4 Å². The van der Waals surface area contributed by atoms with Crippen molar-refractivity contribution < 1.29 is 22.7 Å². The second-order valence-electron chi connectivity index (χ2n) is 7.15. The van der Waals surface area contributed by atoms with E-state index in [2.05, 4.69) is 19.9 Å². The van der Waals surface area contributed by atoms with Crippen molar-refractivity contribution in [3.8, 4) is 5.75 Å². The van der Waals surface area contributed by atoms with Gasteiger partial charge in [0.1, 0.15) is 5.75 Å². The molecule has 0 aliphatic carbocycles. The largest absolute Gasteiger partial charge is 0.483 e. The van der Waals surface area contributed by atoms with Crippen molar-refractivity contribution in [1.29, 1.82) is 0 Å². The SMILES string of the molecule is C[C@@H](NC(=O)Cc1ccc(N2CCCC2)cc1)c1ccc(OCC(F)(F)F)cn1. The fraction of sp³-hybridized carbons (Fsp3) is 0.429. The number of ether oxygens (including phenoxy) is 1. The molecule has 1 aromatic carbocycles. The molecule has 0 spiro atoms. The third kappa shape index (κ3) is 6.37. The van der Waals surface area contributed by atoms with Crippen LogP contribution in [-0.2, 0) is 11.2 Å². The Hall–Kier alpha value is -2.77. The molecule has 0 unspecified atom stereocenters. The van der Waals surface area contributed by atoms with Gasteiger partial charge in [-0.25, -0.2) is 0 Å². The van der Waals surface area contributed by atoms with Crippen LogP contribution in [0.4, 0.5) is 18.9 Å². The first-order valence-corrected chi connectivity index (χ1v) is 9.59. The molecule has 0 radical (unpaired) electrons. The number of nitrogens with zero attached hydrogens (tertiary/aromatic N) is 2. The first kappa shape index (κ1) is 21.0. The molecule has 2 heterocycles. The van der Waals surface area contributed by atoms with Gasteiger partial charge < -0.3 is 15.0 Å². The molecule has 8 heteroatoms. The summed E-state index contributed by atoms with van der Waals surface area (Å²) in [6.07, 6.45) is -0.498. The molecule has 29 heavy (non-hydrogen) atoms. The number of benzene rings is 1. The van der Waals surface area contributed by atoms with Crippen LogP contribution in [0.5, 0.6) is 5.75 Å². The van der Waals surface area contributed by atoms with Gasteiger partial charge in [0.25, 0.3) is 0 Å². The second kappa shape index (κ2) is 9.15. The summed E-state index contributed by atoms with van der Waals surface area (Å²) in [4.78, 5) is 18.7. The van der Waals surface area contributed by atoms with Gasteiger partial charge in [0.05, 0.1) is 24.4 Å². The highest BCUT2D eigenvalue weighted by Crippen LogP contribution is 2.21. The molecule has 3 rings (SSSR count). The molecule has 5 nitrogen and oxygen atoms in total. The number of hydrogen-bond acceptors (Lipinski definition) is 4. The Balaban J connectivity index is 1.49. The summed E-state index contributed by atoms with van der Waals surface area (Å²) < 4.78 is 41.2. The number of nitrogens with one attached hydrogen (secondary N) is 1. The summed E-state index contributed by atoms with van der Waals surface area (Å²) in [6.45, 7) is 2.55. The Morgan fingerprint density at radius 2 is 1.86 bits per heavy atom. The van der Waals surface area contributed by atoms with Crippen molar-refractivity contribution in [2.75, 3.05) is 24.6 Å². The van der Waals surface area contributed by atoms with E-state index in [4.69, 9.17) is 0 Å². The molecule has 1 amide bonds. The lowest BCUT2D eigenvalue weighted by atomic mass is 10.1. The number of hydrogen-bond donors (Lipinski definition) is 1. The lowest BCUT2D eigenvalue weighted by Gasteiger charge is -2.18. The number of pyridine rings is 1. The molecule has 1 aliphatic heterocycles. The first-order chi connectivity index (χ1) is 13.8. The van der Waals surface area contributed by atoms with E-state index in [0.717, 1.165) is 18.7 Å². The summed E-state index contributed by atoms with van der Waals surface area (Å²) >= 11 is 0. The Labute approximate surface area is 167 Å². The molecular weight excluding hydrogens is 383 g/mol. The highest BCUT2D eigenvalue weighted by atomic mass is 19.4. The van der Waals surface area contributed by atoms with Crippen LogP contribution in [0.3, 0.4) is 0 Å². The van der Waals surface area contributed by atoms with Crippen molar-refractivity contribution >= 4 is 11.6 Å². The molecule has 156 valence electrons. The topological polar surface area (TPSA) is 54.5 Å². The maximum atomic E-state index is 12.3. The maximum Gasteiger partial charge on any atom is 0.422 e. The van der Waals surface area contributed by atoms with Crippen LogP contribution in [0.25, 0.3) is 0 Å². The van der Waals surface area contributed by atoms with Crippen molar-refractivity contribution in [3.63, 3.8) is 0 Å². The van der Waals surface area contributed by atoms with Gasteiger partial charge in [-0.3, -0.25) is 9.78 Å². The smallest absolute Gasteiger partial charge is 0.422 e. The van der Waals surface area contributed by atoms with Crippen LogP contribution < -0.4 is 15.0 Å². The number of amides is 1. The lowest BCUT2D eigenvalue weighted by molar-refractivity contribution is -0.153. The molecule has 0 saturated carbocycles. The number of halogens is 3. The minimum atomic E-state index is -4.40. The second-order valence-corrected chi connectivity index (χ2v) is 7.15. The molecule has 1 aromatic heterocycles. The zero-order valence-electron chi connectivity index (χ0n) is 16.2. The van der Waals surface area contributed by atoms with Gasteiger partial charge in [-0.1, -0.05) is 12.1 Å². The van der Waals surface area contributed by atoms with E-state index in [0.29, 0.717) is 5.69 Å². The Bertz CT molecular complexity index is 801. The number of carbonyl (C=O) groups excluding carboxylic acids is 1. The molecular formula is C21H24F3N3O2. The number of alkyl halides is 3. The molecule has 2 aromatic rings. The van der Waals surface area contributed by atoms with Crippen LogP contribution in [0, 0.1) is 0 Å². The van der Waals surface area contributed by atoms with Gasteiger partial charge in [-0.15, -0.1) is 0 Å². The highest BCUT2D eigenvalue weighted by molar-refractivity contribution is 5.79. The van der Waals surface area contributed by atoms with Crippen LogP contribution >= 0.6 is 0 Å². The minimum Gasteiger partial charge on any atom is -0.483 e. The zero-order valence-corrected chi connectivity index (χ0v) is 16.2. The summed E-state index contributed by atoms with van der Waals surface area (Å²) in [5, 5.41) is 2.86. The average Bonchev–Trinajstić information content (AvgIpc) is 3.21. The van der Waals surface area contributed by atoms with E-state index in [9.17, 15) is 18.0 Å². The maximum absolute atomic E-state index is 12.3. The lowest BCUT2D eigenvalue weighted by Crippen LogP contribution is -2.28. The molecule has 1 saturated heterocycles. The first-order valence-electron chi connectivity index (χ1n) is 9.59. The monoisotopic (exact) mass is 407 g/mol. The number of carbonyl (C=O) groups is 1. The normalized spacial score (nSPS) is 15.2. The third-order valence-electron chi connectivity index (χ3n) is 4.76. The van der Waals surface area contributed by atoms with Gasteiger partial charge in [-0.05, 0) is 49.6 Å². The van der Waals surface area contributed by atoms with Gasteiger partial charge in [0, 0.05) is 18.8 Å². The molecule has 0 bridgehead atoms. The average molecular weight is 407 g/mol. The van der Waals surface area contributed by atoms with Gasteiger partial charge in [-0.2, -0.15) is 13.2 Å². The standard InChI is InChI=1S/C21H24F3N3O2/c1-15(19-9-8-18(13-25-19)29-14-21(22,23)24)26-20(28)12-16-4-6-17(7-5-16)27-10-2-3-11-27/h4-9,13,15H,2-3,10-12,14H2,1H3,(H,26,28)/t15-/m1/s1. The summed E-state index contributed by atoms with van der Waals surface area (Å²) in [6, 6.07) is 10.6.